The molecule has 0 atom stereocenters. The summed E-state index contributed by atoms with van der Waals surface area (Å²) in [5.74, 6) is 0.207. The maximum atomic E-state index is 10.3. The van der Waals surface area contributed by atoms with E-state index in [2.05, 4.69) is 10.3 Å². The van der Waals surface area contributed by atoms with Crippen LogP contribution in [0, 0.1) is 0 Å². The van der Waals surface area contributed by atoms with Gasteiger partial charge in [0.15, 0.2) is 0 Å². The Balaban J connectivity index is 2.12. The summed E-state index contributed by atoms with van der Waals surface area (Å²) in [6.07, 6.45) is 0.590. The molecule has 0 aliphatic rings. The molecule has 0 unspecified atom stereocenters. The Morgan fingerprint density at radius 3 is 2.71 bits per heavy atom. The summed E-state index contributed by atoms with van der Waals surface area (Å²) in [7, 11) is 0. The van der Waals surface area contributed by atoms with Crippen molar-refractivity contribution in [3.05, 3.63) is 35.3 Å². The summed E-state index contributed by atoms with van der Waals surface area (Å²) in [5, 5.41) is 20.7. The van der Waals surface area contributed by atoms with Crippen molar-refractivity contribution in [2.45, 2.75) is 6.54 Å². The molecule has 88 valence electrons. The van der Waals surface area contributed by atoms with Gasteiger partial charge in [0.2, 0.25) is 0 Å². The first kappa shape index (κ1) is 11.4. The number of rotatable bonds is 3. The van der Waals surface area contributed by atoms with Gasteiger partial charge >= 0.3 is 6.09 Å². The molecule has 0 radical (unpaired) electrons. The number of benzene rings is 1. The number of carboxylic acid groups (broad SMARTS) is 1. The molecular formula is C11H10N2O3S. The van der Waals surface area contributed by atoms with E-state index < -0.39 is 6.09 Å². The molecule has 0 saturated carbocycles. The Hall–Kier alpha value is -2.08. The summed E-state index contributed by atoms with van der Waals surface area (Å²) in [5.41, 5.74) is 0.898. The number of hydrogen-bond acceptors (Lipinski definition) is 4. The Bertz CT molecular complexity index is 522. The normalized spacial score (nSPS) is 10.1. The smallest absolute Gasteiger partial charge is 0.404 e. The predicted octanol–water partition coefficient (Wildman–Crippen LogP) is 2.28. The molecule has 2 rings (SSSR count). The fourth-order valence-electron chi connectivity index (χ4n) is 1.29. The molecule has 6 heteroatoms. The Morgan fingerprint density at radius 1 is 1.35 bits per heavy atom. The maximum Gasteiger partial charge on any atom is 0.404 e. The van der Waals surface area contributed by atoms with Crippen molar-refractivity contribution in [3.63, 3.8) is 0 Å². The molecule has 1 heterocycles. The van der Waals surface area contributed by atoms with Crippen molar-refractivity contribution in [2.24, 2.45) is 0 Å². The summed E-state index contributed by atoms with van der Waals surface area (Å²) in [6.45, 7) is 0.255. The fourth-order valence-corrected chi connectivity index (χ4v) is 2.15. The standard InChI is InChI=1S/C11H10N2O3S/c14-8-3-1-7(2-4-8)10-12-5-9(17-10)6-13-11(15)16/h1-5,13-14H,6H2,(H,15,16). The lowest BCUT2D eigenvalue weighted by atomic mass is 10.2. The molecule has 0 bridgehead atoms. The Kier molecular flexibility index (Phi) is 3.24. The van der Waals surface area contributed by atoms with Gasteiger partial charge in [-0.3, -0.25) is 0 Å². The van der Waals surface area contributed by atoms with Gasteiger partial charge in [0.25, 0.3) is 0 Å². The number of nitrogens with one attached hydrogen (secondary N) is 1. The molecule has 0 aliphatic heterocycles. The summed E-state index contributed by atoms with van der Waals surface area (Å²) >= 11 is 1.42. The van der Waals surface area contributed by atoms with Gasteiger partial charge in [0.1, 0.15) is 10.8 Å². The molecule has 2 aromatic rings. The molecule has 1 amide bonds. The fraction of sp³-hybridized carbons (Fsp3) is 0.0909. The third-order valence-electron chi connectivity index (χ3n) is 2.08. The van der Waals surface area contributed by atoms with Crippen LogP contribution < -0.4 is 5.32 Å². The maximum absolute atomic E-state index is 10.3. The van der Waals surface area contributed by atoms with Crippen LogP contribution in [0.5, 0.6) is 5.75 Å². The van der Waals surface area contributed by atoms with Gasteiger partial charge in [-0.05, 0) is 24.3 Å². The Morgan fingerprint density at radius 2 is 2.06 bits per heavy atom. The van der Waals surface area contributed by atoms with Crippen LogP contribution in [0.25, 0.3) is 10.6 Å². The molecule has 17 heavy (non-hydrogen) atoms. The first-order valence-electron chi connectivity index (χ1n) is 4.86. The van der Waals surface area contributed by atoms with E-state index in [1.54, 1.807) is 30.5 Å². The van der Waals surface area contributed by atoms with Gasteiger partial charge in [-0.1, -0.05) is 0 Å². The number of hydrogen-bond donors (Lipinski definition) is 3. The van der Waals surface area contributed by atoms with Crippen molar-refractivity contribution in [1.82, 2.24) is 10.3 Å². The minimum absolute atomic E-state index is 0.207. The lowest BCUT2D eigenvalue weighted by molar-refractivity contribution is 0.194. The zero-order chi connectivity index (χ0) is 12.3. The molecule has 0 spiro atoms. The van der Waals surface area contributed by atoms with Crippen LogP contribution in [0.15, 0.2) is 30.5 Å². The van der Waals surface area contributed by atoms with Crippen molar-refractivity contribution >= 4 is 17.4 Å². The zero-order valence-corrected chi connectivity index (χ0v) is 9.57. The number of aromatic nitrogens is 1. The lowest BCUT2D eigenvalue weighted by Crippen LogP contribution is -2.19. The second kappa shape index (κ2) is 4.84. The minimum atomic E-state index is -1.05. The number of carbonyl (C=O) groups is 1. The van der Waals surface area contributed by atoms with Gasteiger partial charge in [0, 0.05) is 16.6 Å². The van der Waals surface area contributed by atoms with Gasteiger partial charge in [-0.15, -0.1) is 11.3 Å². The van der Waals surface area contributed by atoms with E-state index in [1.807, 2.05) is 0 Å². The highest BCUT2D eigenvalue weighted by molar-refractivity contribution is 7.15. The first-order chi connectivity index (χ1) is 8.15. The second-order valence-electron chi connectivity index (χ2n) is 3.34. The summed E-state index contributed by atoms with van der Waals surface area (Å²) in [6, 6.07) is 6.71. The average molecular weight is 250 g/mol. The Labute approximate surface area is 101 Å². The van der Waals surface area contributed by atoms with Gasteiger partial charge in [0.05, 0.1) is 6.54 Å². The molecule has 5 nitrogen and oxygen atoms in total. The quantitative estimate of drug-likeness (QED) is 0.780. The molecule has 0 saturated heterocycles. The molecule has 1 aromatic carbocycles. The zero-order valence-electron chi connectivity index (χ0n) is 8.75. The van der Waals surface area contributed by atoms with Crippen LogP contribution >= 0.6 is 11.3 Å². The topological polar surface area (TPSA) is 82.5 Å². The third-order valence-corrected chi connectivity index (χ3v) is 3.13. The number of phenols is 1. The van der Waals surface area contributed by atoms with Crippen molar-refractivity contribution < 1.29 is 15.0 Å². The van der Waals surface area contributed by atoms with Crippen molar-refractivity contribution in [2.75, 3.05) is 0 Å². The van der Waals surface area contributed by atoms with Crippen LogP contribution in [-0.4, -0.2) is 21.3 Å². The largest absolute Gasteiger partial charge is 0.508 e. The highest BCUT2D eigenvalue weighted by atomic mass is 32.1. The van der Waals surface area contributed by atoms with E-state index in [-0.39, 0.29) is 12.3 Å². The SMILES string of the molecule is O=C(O)NCc1cnc(-c2ccc(O)cc2)s1. The molecule has 0 fully saturated rings. The average Bonchev–Trinajstić information content (AvgIpc) is 2.76. The van der Waals surface area contributed by atoms with E-state index in [9.17, 15) is 4.79 Å². The van der Waals surface area contributed by atoms with E-state index in [0.717, 1.165) is 15.4 Å². The first-order valence-corrected chi connectivity index (χ1v) is 5.68. The number of aromatic hydroxyl groups is 1. The van der Waals surface area contributed by atoms with Crippen LogP contribution in [0.1, 0.15) is 4.88 Å². The van der Waals surface area contributed by atoms with E-state index >= 15 is 0 Å². The van der Waals surface area contributed by atoms with Crippen LogP contribution in [0.4, 0.5) is 4.79 Å². The number of thiazole rings is 1. The molecule has 3 N–H and O–H groups in total. The summed E-state index contributed by atoms with van der Waals surface area (Å²) in [4.78, 5) is 15.4. The summed E-state index contributed by atoms with van der Waals surface area (Å²) < 4.78 is 0. The van der Waals surface area contributed by atoms with Crippen molar-refractivity contribution in [3.8, 4) is 16.3 Å². The monoisotopic (exact) mass is 250 g/mol. The molecular weight excluding hydrogens is 240 g/mol. The van der Waals surface area contributed by atoms with Gasteiger partial charge < -0.3 is 15.5 Å². The number of amides is 1. The molecule has 1 aromatic heterocycles. The highest BCUT2D eigenvalue weighted by Gasteiger charge is 2.05. The van der Waals surface area contributed by atoms with Crippen LogP contribution in [-0.2, 0) is 6.54 Å². The van der Waals surface area contributed by atoms with Crippen molar-refractivity contribution in [1.29, 1.82) is 0 Å². The minimum Gasteiger partial charge on any atom is -0.508 e. The van der Waals surface area contributed by atoms with E-state index in [0.29, 0.717) is 0 Å². The number of phenolic OH excluding ortho intramolecular Hbond substituents is 1. The van der Waals surface area contributed by atoms with Gasteiger partial charge in [-0.2, -0.15) is 0 Å². The lowest BCUT2D eigenvalue weighted by Gasteiger charge is -1.96. The van der Waals surface area contributed by atoms with E-state index in [1.165, 1.54) is 11.3 Å². The van der Waals surface area contributed by atoms with E-state index in [4.69, 9.17) is 10.2 Å². The van der Waals surface area contributed by atoms with Crippen LogP contribution in [0.2, 0.25) is 0 Å². The predicted molar refractivity (Wildman–Crippen MR) is 64.1 cm³/mol. The van der Waals surface area contributed by atoms with Crippen LogP contribution in [0.3, 0.4) is 0 Å². The number of nitrogens with zero attached hydrogens (tertiary/aromatic N) is 1. The second-order valence-corrected chi connectivity index (χ2v) is 4.45. The van der Waals surface area contributed by atoms with Gasteiger partial charge in [-0.25, -0.2) is 9.78 Å². The molecule has 0 aliphatic carbocycles. The highest BCUT2D eigenvalue weighted by Crippen LogP contribution is 2.26. The third kappa shape index (κ3) is 2.94.